The molecule has 0 radical (unpaired) electrons. The summed E-state index contributed by atoms with van der Waals surface area (Å²) >= 11 is 0. The van der Waals surface area contributed by atoms with Gasteiger partial charge in [-0.15, -0.1) is 0 Å². The quantitative estimate of drug-likeness (QED) is 0.227. The van der Waals surface area contributed by atoms with Gasteiger partial charge in [0.1, 0.15) is 17.3 Å². The molecule has 0 saturated heterocycles. The molecule has 9 nitrogen and oxygen atoms in total. The number of anilines is 2. The Hall–Kier alpha value is -4.73. The van der Waals surface area contributed by atoms with Crippen LogP contribution in [0.25, 0.3) is 0 Å². The summed E-state index contributed by atoms with van der Waals surface area (Å²) in [6, 6.07) is 18.6. The Morgan fingerprint density at radius 3 is 2.28 bits per heavy atom. The van der Waals surface area contributed by atoms with Gasteiger partial charge >= 0.3 is 11.8 Å². The zero-order valence-corrected chi connectivity index (χ0v) is 19.5. The molecule has 0 saturated carbocycles. The number of benzene rings is 3. The summed E-state index contributed by atoms with van der Waals surface area (Å²) in [6.07, 6.45) is 2.21. The molecule has 3 aromatic carbocycles. The van der Waals surface area contributed by atoms with Gasteiger partial charge in [0.15, 0.2) is 6.61 Å². The van der Waals surface area contributed by atoms with Crippen LogP contribution >= 0.6 is 0 Å². The third-order valence-electron chi connectivity index (χ3n) is 4.53. The second-order valence-corrected chi connectivity index (χ2v) is 7.44. The Morgan fingerprint density at radius 1 is 0.861 bits per heavy atom. The van der Waals surface area contributed by atoms with Crippen LogP contribution in [0.4, 0.5) is 15.8 Å². The lowest BCUT2D eigenvalue weighted by molar-refractivity contribution is -0.136. The highest BCUT2D eigenvalue weighted by Crippen LogP contribution is 2.16. The van der Waals surface area contributed by atoms with Gasteiger partial charge in [-0.3, -0.25) is 14.4 Å². The number of carbonyl (C=O) groups is 3. The second-order valence-electron chi connectivity index (χ2n) is 7.44. The summed E-state index contributed by atoms with van der Waals surface area (Å²) in [4.78, 5) is 36.1. The molecule has 0 unspecified atom stereocenters. The molecule has 0 aliphatic carbocycles. The van der Waals surface area contributed by atoms with Crippen LogP contribution in [0.5, 0.6) is 11.5 Å². The standard InChI is InChI=1S/C26H25FN4O5/c1-2-14-35-22-12-10-21(11-13-22)30-25(33)26(34)31-28-16-18-4-3-5-23(15-18)36-17-24(32)29-20-8-6-19(27)7-9-20/h3-13,15-16H,2,14,17H2,1H3,(H,29,32)(H,30,33)(H,31,34)/b28-16-. The zero-order chi connectivity index (χ0) is 25.8. The number of carbonyl (C=O) groups excluding carboxylic acids is 3. The monoisotopic (exact) mass is 492 g/mol. The van der Waals surface area contributed by atoms with E-state index in [1.165, 1.54) is 30.5 Å². The number of halogens is 1. The molecule has 0 aliphatic heterocycles. The average molecular weight is 493 g/mol. The Morgan fingerprint density at radius 2 is 1.56 bits per heavy atom. The van der Waals surface area contributed by atoms with Crippen molar-refractivity contribution >= 4 is 35.3 Å². The summed E-state index contributed by atoms with van der Waals surface area (Å²) in [6.45, 7) is 2.33. The number of ether oxygens (including phenoxy) is 2. The zero-order valence-electron chi connectivity index (χ0n) is 19.5. The van der Waals surface area contributed by atoms with E-state index in [9.17, 15) is 18.8 Å². The van der Waals surface area contributed by atoms with E-state index in [2.05, 4.69) is 21.2 Å². The Labute approximate surface area is 207 Å². The number of hydrogen-bond donors (Lipinski definition) is 3. The Kier molecular flexibility index (Phi) is 9.51. The van der Waals surface area contributed by atoms with Crippen molar-refractivity contribution in [3.05, 3.63) is 84.2 Å². The molecule has 3 N–H and O–H groups in total. The maximum Gasteiger partial charge on any atom is 0.329 e. The maximum atomic E-state index is 12.9. The first kappa shape index (κ1) is 25.9. The maximum absolute atomic E-state index is 12.9. The van der Waals surface area contributed by atoms with E-state index in [0.717, 1.165) is 6.42 Å². The highest BCUT2D eigenvalue weighted by molar-refractivity contribution is 6.39. The molecule has 0 atom stereocenters. The van der Waals surface area contributed by atoms with Gasteiger partial charge in [0.05, 0.1) is 12.8 Å². The molecule has 0 spiro atoms. The van der Waals surface area contributed by atoms with Crippen molar-refractivity contribution in [1.29, 1.82) is 0 Å². The van der Waals surface area contributed by atoms with Crippen LogP contribution in [0.3, 0.4) is 0 Å². The van der Waals surface area contributed by atoms with Crippen LogP contribution < -0.4 is 25.5 Å². The van der Waals surface area contributed by atoms with E-state index in [4.69, 9.17) is 9.47 Å². The lowest BCUT2D eigenvalue weighted by Gasteiger charge is -2.08. The summed E-state index contributed by atoms with van der Waals surface area (Å²) in [7, 11) is 0. The van der Waals surface area contributed by atoms with Crippen molar-refractivity contribution in [3.63, 3.8) is 0 Å². The highest BCUT2D eigenvalue weighted by atomic mass is 19.1. The van der Waals surface area contributed by atoms with Crippen molar-refractivity contribution in [3.8, 4) is 11.5 Å². The van der Waals surface area contributed by atoms with Crippen LogP contribution in [-0.2, 0) is 14.4 Å². The van der Waals surface area contributed by atoms with E-state index in [0.29, 0.717) is 35.0 Å². The van der Waals surface area contributed by atoms with Crippen LogP contribution in [0.1, 0.15) is 18.9 Å². The van der Waals surface area contributed by atoms with Gasteiger partial charge in [-0.1, -0.05) is 19.1 Å². The first-order valence-electron chi connectivity index (χ1n) is 11.1. The molecular weight excluding hydrogens is 467 g/mol. The Balaban J connectivity index is 1.44. The summed E-state index contributed by atoms with van der Waals surface area (Å²) in [5, 5.41) is 8.84. The number of rotatable bonds is 10. The summed E-state index contributed by atoms with van der Waals surface area (Å²) in [5.74, 6) is -1.57. The first-order chi connectivity index (χ1) is 17.4. The first-order valence-corrected chi connectivity index (χ1v) is 11.1. The minimum absolute atomic E-state index is 0.263. The fourth-order valence-corrected chi connectivity index (χ4v) is 2.82. The van der Waals surface area contributed by atoms with Crippen molar-refractivity contribution in [2.75, 3.05) is 23.8 Å². The van der Waals surface area contributed by atoms with Crippen LogP contribution in [0, 0.1) is 5.82 Å². The van der Waals surface area contributed by atoms with E-state index in [-0.39, 0.29) is 6.61 Å². The molecular formula is C26H25FN4O5. The number of hydrazone groups is 1. The van der Waals surface area contributed by atoms with Crippen LogP contribution in [-0.4, -0.2) is 37.1 Å². The molecule has 0 aromatic heterocycles. The molecule has 3 rings (SSSR count). The molecule has 0 bridgehead atoms. The fraction of sp³-hybridized carbons (Fsp3) is 0.154. The minimum atomic E-state index is -0.942. The predicted octanol–water partition coefficient (Wildman–Crippen LogP) is 3.72. The number of amides is 3. The molecule has 3 aromatic rings. The molecule has 186 valence electrons. The van der Waals surface area contributed by atoms with Gasteiger partial charge in [-0.25, -0.2) is 9.82 Å². The largest absolute Gasteiger partial charge is 0.494 e. The number of nitrogens with one attached hydrogen (secondary N) is 3. The van der Waals surface area contributed by atoms with E-state index in [1.54, 1.807) is 48.5 Å². The smallest absolute Gasteiger partial charge is 0.329 e. The number of hydrogen-bond acceptors (Lipinski definition) is 6. The minimum Gasteiger partial charge on any atom is -0.494 e. The topological polar surface area (TPSA) is 118 Å². The summed E-state index contributed by atoms with van der Waals surface area (Å²) in [5.41, 5.74) is 3.61. The van der Waals surface area contributed by atoms with Gasteiger partial charge in [0, 0.05) is 11.4 Å². The van der Waals surface area contributed by atoms with Crippen molar-refractivity contribution in [1.82, 2.24) is 5.43 Å². The van der Waals surface area contributed by atoms with Crippen molar-refractivity contribution in [2.45, 2.75) is 13.3 Å². The molecule has 0 aliphatic rings. The lowest BCUT2D eigenvalue weighted by atomic mass is 10.2. The normalized spacial score (nSPS) is 10.5. The SMILES string of the molecule is CCCOc1ccc(NC(=O)C(=O)N/N=C\c2cccc(OCC(=O)Nc3ccc(F)cc3)c2)cc1. The van der Waals surface area contributed by atoms with Crippen LogP contribution in [0.15, 0.2) is 77.9 Å². The third-order valence-corrected chi connectivity index (χ3v) is 4.53. The molecule has 3 amide bonds. The molecule has 0 heterocycles. The van der Waals surface area contributed by atoms with Crippen LogP contribution in [0.2, 0.25) is 0 Å². The summed E-state index contributed by atoms with van der Waals surface area (Å²) < 4.78 is 23.9. The molecule has 10 heteroatoms. The van der Waals surface area contributed by atoms with E-state index in [1.807, 2.05) is 6.92 Å². The third kappa shape index (κ3) is 8.56. The van der Waals surface area contributed by atoms with Crippen molar-refractivity contribution in [2.24, 2.45) is 5.10 Å². The number of nitrogens with zero attached hydrogens (tertiary/aromatic N) is 1. The van der Waals surface area contributed by atoms with E-state index >= 15 is 0 Å². The van der Waals surface area contributed by atoms with E-state index < -0.39 is 23.5 Å². The lowest BCUT2D eigenvalue weighted by Crippen LogP contribution is -2.32. The van der Waals surface area contributed by atoms with Gasteiger partial charge < -0.3 is 20.1 Å². The molecule has 0 fully saturated rings. The van der Waals surface area contributed by atoms with Gasteiger partial charge in [0.25, 0.3) is 5.91 Å². The van der Waals surface area contributed by atoms with Gasteiger partial charge in [-0.05, 0) is 72.6 Å². The average Bonchev–Trinajstić information content (AvgIpc) is 2.88. The predicted molar refractivity (Wildman–Crippen MR) is 134 cm³/mol. The second kappa shape index (κ2) is 13.2. The molecule has 36 heavy (non-hydrogen) atoms. The van der Waals surface area contributed by atoms with Gasteiger partial charge in [-0.2, -0.15) is 5.10 Å². The van der Waals surface area contributed by atoms with Crippen molar-refractivity contribution < 1.29 is 28.2 Å². The fourth-order valence-electron chi connectivity index (χ4n) is 2.82. The Bertz CT molecular complexity index is 1210. The highest BCUT2D eigenvalue weighted by Gasteiger charge is 2.13. The van der Waals surface area contributed by atoms with Gasteiger partial charge in [0.2, 0.25) is 0 Å².